The van der Waals surface area contributed by atoms with E-state index in [4.69, 9.17) is 0 Å². The Labute approximate surface area is 127 Å². The van der Waals surface area contributed by atoms with Crippen molar-refractivity contribution in [1.82, 2.24) is 14.5 Å². The molecule has 1 aromatic carbocycles. The molecule has 1 aliphatic heterocycles. The number of hydrogen-bond donors (Lipinski definition) is 1. The van der Waals surface area contributed by atoms with Crippen LogP contribution in [0.25, 0.3) is 0 Å². The van der Waals surface area contributed by atoms with Gasteiger partial charge >= 0.3 is 0 Å². The minimum absolute atomic E-state index is 0.371. The van der Waals surface area contributed by atoms with Crippen LogP contribution in [0.15, 0.2) is 23.1 Å². The number of rotatable bonds is 4. The van der Waals surface area contributed by atoms with Crippen molar-refractivity contribution in [3.63, 3.8) is 0 Å². The van der Waals surface area contributed by atoms with Crippen LogP contribution in [0.5, 0.6) is 0 Å². The molecule has 1 amide bonds. The van der Waals surface area contributed by atoms with E-state index in [9.17, 15) is 22.0 Å². The minimum atomic E-state index is -4.27. The summed E-state index contributed by atoms with van der Waals surface area (Å²) in [5, 5.41) is 3.08. The Hall–Kier alpha value is -1.58. The number of likely N-dealkylation sites (N-methyl/N-ethyl adjacent to an activating group) is 1. The molecule has 9 heteroatoms. The zero-order valence-electron chi connectivity index (χ0n) is 12.1. The summed E-state index contributed by atoms with van der Waals surface area (Å²) >= 11 is 0. The van der Waals surface area contributed by atoms with Crippen LogP contribution >= 0.6 is 0 Å². The van der Waals surface area contributed by atoms with Gasteiger partial charge in [-0.15, -0.1) is 0 Å². The summed E-state index contributed by atoms with van der Waals surface area (Å²) in [6.07, 6.45) is 0. The summed E-state index contributed by atoms with van der Waals surface area (Å²) in [4.78, 5) is 12.8. The van der Waals surface area contributed by atoms with Crippen LogP contribution in [0, 0.1) is 11.6 Å². The summed E-state index contributed by atoms with van der Waals surface area (Å²) < 4.78 is 52.1. The average molecular weight is 333 g/mol. The second-order valence-electron chi connectivity index (χ2n) is 4.97. The Morgan fingerprint density at radius 3 is 2.59 bits per heavy atom. The highest BCUT2D eigenvalue weighted by atomic mass is 32.2. The van der Waals surface area contributed by atoms with E-state index >= 15 is 0 Å². The predicted molar refractivity (Wildman–Crippen MR) is 75.6 cm³/mol. The summed E-state index contributed by atoms with van der Waals surface area (Å²) in [7, 11) is -3.10. The molecule has 0 unspecified atom stereocenters. The maximum Gasteiger partial charge on any atom is 0.246 e. The first-order valence-electron chi connectivity index (χ1n) is 6.72. The molecule has 0 bridgehead atoms. The molecule has 22 heavy (non-hydrogen) atoms. The van der Waals surface area contributed by atoms with Crippen LogP contribution in [-0.2, 0) is 14.8 Å². The number of carbonyl (C=O) groups excluding carboxylic acids is 1. The van der Waals surface area contributed by atoms with E-state index < -0.39 is 33.1 Å². The number of nitrogens with one attached hydrogen (secondary N) is 1. The number of carbonyl (C=O) groups is 1. The molecule has 0 saturated carbocycles. The highest BCUT2D eigenvalue weighted by molar-refractivity contribution is 7.89. The summed E-state index contributed by atoms with van der Waals surface area (Å²) in [6, 6.07) is 2.19. The van der Waals surface area contributed by atoms with Crippen LogP contribution in [0.2, 0.25) is 0 Å². The minimum Gasteiger partial charge on any atom is -0.339 e. The highest BCUT2D eigenvalue weighted by Gasteiger charge is 2.28. The molecule has 122 valence electrons. The number of halogens is 2. The molecule has 0 spiro atoms. The van der Waals surface area contributed by atoms with Crippen molar-refractivity contribution in [2.75, 3.05) is 39.8 Å². The third kappa shape index (κ3) is 3.60. The molecule has 0 aromatic heterocycles. The fourth-order valence-corrected chi connectivity index (χ4v) is 3.32. The van der Waals surface area contributed by atoms with E-state index in [1.54, 1.807) is 0 Å². The van der Waals surface area contributed by atoms with Crippen LogP contribution in [0.4, 0.5) is 8.78 Å². The number of nitrogens with zero attached hydrogens (tertiary/aromatic N) is 2. The van der Waals surface area contributed by atoms with Crippen molar-refractivity contribution in [2.24, 2.45) is 0 Å². The van der Waals surface area contributed by atoms with Gasteiger partial charge in [0.15, 0.2) is 0 Å². The smallest absolute Gasteiger partial charge is 0.246 e. The Morgan fingerprint density at radius 1 is 1.32 bits per heavy atom. The Morgan fingerprint density at radius 2 is 1.95 bits per heavy atom. The second kappa shape index (κ2) is 6.67. The van der Waals surface area contributed by atoms with Gasteiger partial charge in [0.1, 0.15) is 16.5 Å². The topological polar surface area (TPSA) is 69.7 Å². The monoisotopic (exact) mass is 333 g/mol. The fraction of sp³-hybridized carbons (Fsp3) is 0.462. The first-order chi connectivity index (χ1) is 10.3. The van der Waals surface area contributed by atoms with Gasteiger partial charge in [-0.2, -0.15) is 4.31 Å². The van der Waals surface area contributed by atoms with Gasteiger partial charge in [0.2, 0.25) is 15.9 Å². The molecule has 6 nitrogen and oxygen atoms in total. The van der Waals surface area contributed by atoms with Gasteiger partial charge in [0, 0.05) is 33.2 Å². The van der Waals surface area contributed by atoms with Gasteiger partial charge in [-0.1, -0.05) is 0 Å². The van der Waals surface area contributed by atoms with Crippen LogP contribution in [0.3, 0.4) is 0 Å². The highest BCUT2D eigenvalue weighted by Crippen LogP contribution is 2.19. The normalized spacial score (nSPS) is 16.1. The van der Waals surface area contributed by atoms with Gasteiger partial charge in [-0.3, -0.25) is 4.79 Å². The van der Waals surface area contributed by atoms with Gasteiger partial charge in [0.25, 0.3) is 0 Å². The van der Waals surface area contributed by atoms with Gasteiger partial charge in [-0.25, -0.2) is 17.2 Å². The lowest BCUT2D eigenvalue weighted by Gasteiger charge is -2.29. The first kappa shape index (κ1) is 16.8. The molecule has 1 heterocycles. The van der Waals surface area contributed by atoms with Gasteiger partial charge < -0.3 is 10.2 Å². The SMILES string of the molecule is CN(CC(=O)N1CCNCC1)S(=O)(=O)c1cc(F)ccc1F. The third-order valence-electron chi connectivity index (χ3n) is 3.41. The van der Waals surface area contributed by atoms with E-state index in [1.165, 1.54) is 11.9 Å². The standard InChI is InChI=1S/C13H17F2N3O3S/c1-17(9-13(19)18-6-4-16-5-7-18)22(20,21)12-8-10(14)2-3-11(12)15/h2-3,8,16H,4-7,9H2,1H3. The van der Waals surface area contributed by atoms with Crippen molar-refractivity contribution in [2.45, 2.75) is 4.90 Å². The van der Waals surface area contributed by atoms with Gasteiger partial charge in [0.05, 0.1) is 6.54 Å². The molecule has 2 rings (SSSR count). The van der Waals surface area contributed by atoms with Gasteiger partial charge in [-0.05, 0) is 18.2 Å². The fourth-order valence-electron chi connectivity index (χ4n) is 2.13. The Kier molecular flexibility index (Phi) is 5.09. The van der Waals surface area contributed by atoms with Crippen molar-refractivity contribution in [1.29, 1.82) is 0 Å². The van der Waals surface area contributed by atoms with E-state index in [0.717, 1.165) is 16.4 Å². The van der Waals surface area contributed by atoms with E-state index in [2.05, 4.69) is 5.32 Å². The largest absolute Gasteiger partial charge is 0.339 e. The van der Waals surface area contributed by atoms with E-state index in [1.807, 2.05) is 0 Å². The molecule has 1 fully saturated rings. The molecule has 1 saturated heterocycles. The first-order valence-corrected chi connectivity index (χ1v) is 8.16. The van der Waals surface area contributed by atoms with Crippen LogP contribution in [-0.4, -0.2) is 63.3 Å². The zero-order valence-corrected chi connectivity index (χ0v) is 12.9. The molecule has 0 atom stereocenters. The summed E-state index contributed by atoms with van der Waals surface area (Å²) in [5.41, 5.74) is 0. The summed E-state index contributed by atoms with van der Waals surface area (Å²) in [5.74, 6) is -2.28. The van der Waals surface area contributed by atoms with E-state index in [0.29, 0.717) is 32.2 Å². The molecule has 1 N–H and O–H groups in total. The number of sulfonamides is 1. The van der Waals surface area contributed by atoms with Crippen molar-refractivity contribution >= 4 is 15.9 Å². The molecule has 1 aliphatic rings. The predicted octanol–water partition coefficient (Wildman–Crippen LogP) is 0.0171. The zero-order chi connectivity index (χ0) is 16.3. The maximum atomic E-state index is 13.6. The van der Waals surface area contributed by atoms with Crippen LogP contribution in [0.1, 0.15) is 0 Å². The van der Waals surface area contributed by atoms with E-state index in [-0.39, 0.29) is 5.91 Å². The van der Waals surface area contributed by atoms with Crippen molar-refractivity contribution in [3.05, 3.63) is 29.8 Å². The third-order valence-corrected chi connectivity index (χ3v) is 5.23. The lowest BCUT2D eigenvalue weighted by atomic mass is 10.3. The number of amides is 1. The quantitative estimate of drug-likeness (QED) is 0.843. The van der Waals surface area contributed by atoms with Crippen molar-refractivity contribution < 1.29 is 22.0 Å². The summed E-state index contributed by atoms with van der Waals surface area (Å²) in [6.45, 7) is 1.84. The molecule has 1 aromatic rings. The Balaban J connectivity index is 2.15. The number of hydrogen-bond acceptors (Lipinski definition) is 4. The molecule has 0 aliphatic carbocycles. The Bertz CT molecular complexity index is 660. The molecular formula is C13H17F2N3O3S. The lowest BCUT2D eigenvalue weighted by molar-refractivity contribution is -0.131. The molecular weight excluding hydrogens is 316 g/mol. The number of piperazine rings is 1. The number of benzene rings is 1. The van der Waals surface area contributed by atoms with Crippen molar-refractivity contribution in [3.8, 4) is 0 Å². The molecule has 0 radical (unpaired) electrons. The second-order valence-corrected chi connectivity index (χ2v) is 6.98. The lowest BCUT2D eigenvalue weighted by Crippen LogP contribution is -2.49. The van der Waals surface area contributed by atoms with Crippen LogP contribution < -0.4 is 5.32 Å². The maximum absolute atomic E-state index is 13.6. The average Bonchev–Trinajstić information content (AvgIpc) is 2.50.